The summed E-state index contributed by atoms with van der Waals surface area (Å²) < 4.78 is 14.5. The zero-order chi connectivity index (χ0) is 12.4. The number of halogens is 2. The lowest BCUT2D eigenvalue weighted by Crippen LogP contribution is -1.88. The van der Waals surface area contributed by atoms with Crippen LogP contribution in [0, 0.1) is 12.7 Å². The van der Waals surface area contributed by atoms with Crippen molar-refractivity contribution >= 4 is 39.8 Å². The summed E-state index contributed by atoms with van der Waals surface area (Å²) in [6.07, 6.45) is 0. The average Bonchev–Trinajstić information content (AvgIpc) is 2.57. The summed E-state index contributed by atoms with van der Waals surface area (Å²) in [5.41, 5.74) is 7.00. The van der Waals surface area contributed by atoms with E-state index in [1.165, 1.54) is 29.2 Å². The van der Waals surface area contributed by atoms with Gasteiger partial charge in [0.1, 0.15) is 5.82 Å². The fraction of sp³-hybridized carbons (Fsp3) is 0.182. The minimum Gasteiger partial charge on any atom is -0.375 e. The smallest absolute Gasteiger partial charge is 0.181 e. The third-order valence-electron chi connectivity index (χ3n) is 2.18. The van der Waals surface area contributed by atoms with Crippen LogP contribution in [-0.2, 0) is 5.75 Å². The van der Waals surface area contributed by atoms with Crippen molar-refractivity contribution in [2.24, 2.45) is 0 Å². The Morgan fingerprint density at radius 1 is 1.53 bits per heavy atom. The van der Waals surface area contributed by atoms with Crippen LogP contribution in [0.3, 0.4) is 0 Å². The van der Waals surface area contributed by atoms with Crippen LogP contribution in [-0.4, -0.2) is 4.98 Å². The summed E-state index contributed by atoms with van der Waals surface area (Å²) in [5.74, 6) is 0.202. The number of rotatable bonds is 3. The molecule has 0 saturated heterocycles. The molecule has 0 bridgehead atoms. The van der Waals surface area contributed by atoms with Crippen LogP contribution in [0.4, 0.5) is 9.52 Å². The predicted octanol–water partition coefficient (Wildman–Crippen LogP) is 4.12. The standard InChI is InChI=1S/C11H10ClFN2S2/c1-6-10(17-11(14)15-6)16-5-7-8(12)3-2-4-9(7)13/h2-4H,5H2,1H3,(H2,14,15). The molecule has 0 spiro atoms. The highest BCUT2D eigenvalue weighted by molar-refractivity contribution is 8.00. The predicted molar refractivity (Wildman–Crippen MR) is 72.2 cm³/mol. The third-order valence-corrected chi connectivity index (χ3v) is 4.91. The molecule has 0 fully saturated rings. The normalized spacial score (nSPS) is 10.8. The highest BCUT2D eigenvalue weighted by Crippen LogP contribution is 2.34. The summed E-state index contributed by atoms with van der Waals surface area (Å²) in [6.45, 7) is 1.89. The molecule has 17 heavy (non-hydrogen) atoms. The van der Waals surface area contributed by atoms with E-state index in [9.17, 15) is 4.39 Å². The van der Waals surface area contributed by atoms with Gasteiger partial charge in [-0.15, -0.1) is 11.8 Å². The fourth-order valence-electron chi connectivity index (χ4n) is 1.34. The SMILES string of the molecule is Cc1nc(N)sc1SCc1c(F)cccc1Cl. The van der Waals surface area contributed by atoms with E-state index in [4.69, 9.17) is 17.3 Å². The molecule has 0 unspecified atom stereocenters. The first kappa shape index (κ1) is 12.7. The minimum absolute atomic E-state index is 0.278. The molecule has 1 aromatic carbocycles. The molecule has 0 aliphatic heterocycles. The molecule has 0 saturated carbocycles. The maximum Gasteiger partial charge on any atom is 0.181 e. The van der Waals surface area contributed by atoms with Gasteiger partial charge in [-0.1, -0.05) is 29.0 Å². The maximum atomic E-state index is 13.5. The summed E-state index contributed by atoms with van der Waals surface area (Å²) in [6, 6.07) is 4.70. The molecular weight excluding hydrogens is 279 g/mol. The number of nitrogens with zero attached hydrogens (tertiary/aromatic N) is 1. The van der Waals surface area contributed by atoms with Crippen LogP contribution >= 0.6 is 34.7 Å². The highest BCUT2D eigenvalue weighted by Gasteiger charge is 2.10. The van der Waals surface area contributed by atoms with E-state index in [-0.39, 0.29) is 5.82 Å². The first-order valence-electron chi connectivity index (χ1n) is 4.86. The molecular formula is C11H10ClFN2S2. The lowest BCUT2D eigenvalue weighted by molar-refractivity contribution is 0.617. The van der Waals surface area contributed by atoms with Crippen LogP contribution in [0.2, 0.25) is 5.02 Å². The van der Waals surface area contributed by atoms with Crippen molar-refractivity contribution in [2.75, 3.05) is 5.73 Å². The number of hydrogen-bond donors (Lipinski definition) is 1. The van der Waals surface area contributed by atoms with Gasteiger partial charge in [0.15, 0.2) is 5.13 Å². The molecule has 2 N–H and O–H groups in total. The lowest BCUT2D eigenvalue weighted by Gasteiger charge is -2.04. The van der Waals surface area contributed by atoms with Crippen molar-refractivity contribution < 1.29 is 4.39 Å². The van der Waals surface area contributed by atoms with Crippen molar-refractivity contribution in [1.82, 2.24) is 4.98 Å². The first-order valence-corrected chi connectivity index (χ1v) is 7.04. The van der Waals surface area contributed by atoms with E-state index < -0.39 is 0 Å². The van der Waals surface area contributed by atoms with Gasteiger partial charge in [0.25, 0.3) is 0 Å². The van der Waals surface area contributed by atoms with E-state index in [0.29, 0.717) is 21.5 Å². The Balaban J connectivity index is 2.15. The second-order valence-electron chi connectivity index (χ2n) is 3.41. The summed E-state index contributed by atoms with van der Waals surface area (Å²) in [5, 5.41) is 0.984. The number of aromatic nitrogens is 1. The molecule has 2 nitrogen and oxygen atoms in total. The molecule has 2 aromatic rings. The van der Waals surface area contributed by atoms with Gasteiger partial charge in [-0.3, -0.25) is 0 Å². The fourth-order valence-corrected chi connectivity index (χ4v) is 3.71. The Kier molecular flexibility index (Phi) is 3.91. The van der Waals surface area contributed by atoms with Crippen molar-refractivity contribution in [1.29, 1.82) is 0 Å². The van der Waals surface area contributed by atoms with Crippen LogP contribution in [0.15, 0.2) is 22.4 Å². The number of benzene rings is 1. The Morgan fingerprint density at radius 3 is 2.88 bits per heavy atom. The molecule has 1 heterocycles. The summed E-state index contributed by atoms with van der Waals surface area (Å²) >= 11 is 8.86. The Hall–Kier alpha value is -0.780. The minimum atomic E-state index is -0.278. The van der Waals surface area contributed by atoms with Gasteiger partial charge in [-0.2, -0.15) is 0 Å². The van der Waals surface area contributed by atoms with Gasteiger partial charge in [0, 0.05) is 16.3 Å². The van der Waals surface area contributed by atoms with Crippen molar-refractivity contribution in [3.8, 4) is 0 Å². The molecule has 0 amide bonds. The Morgan fingerprint density at radius 2 is 2.29 bits per heavy atom. The average molecular weight is 289 g/mol. The quantitative estimate of drug-likeness (QED) is 0.864. The number of hydrogen-bond acceptors (Lipinski definition) is 4. The van der Waals surface area contributed by atoms with E-state index >= 15 is 0 Å². The van der Waals surface area contributed by atoms with Crippen molar-refractivity contribution in [2.45, 2.75) is 16.9 Å². The molecule has 0 atom stereocenters. The number of anilines is 1. The maximum absolute atomic E-state index is 13.5. The van der Waals surface area contributed by atoms with Crippen LogP contribution in [0.1, 0.15) is 11.3 Å². The van der Waals surface area contributed by atoms with Crippen LogP contribution in [0.5, 0.6) is 0 Å². The summed E-state index contributed by atoms with van der Waals surface area (Å²) in [7, 11) is 0. The van der Waals surface area contributed by atoms with Crippen LogP contribution in [0.25, 0.3) is 0 Å². The number of nitrogen functional groups attached to an aromatic ring is 1. The van der Waals surface area contributed by atoms with Gasteiger partial charge >= 0.3 is 0 Å². The van der Waals surface area contributed by atoms with E-state index in [1.54, 1.807) is 12.1 Å². The molecule has 6 heteroatoms. The Bertz CT molecular complexity index is 522. The van der Waals surface area contributed by atoms with Gasteiger partial charge in [-0.25, -0.2) is 9.37 Å². The zero-order valence-corrected chi connectivity index (χ0v) is 11.4. The second-order valence-corrected chi connectivity index (χ2v) is 6.10. The Labute approximate surface area is 112 Å². The first-order chi connectivity index (χ1) is 8.08. The number of thiazole rings is 1. The molecule has 90 valence electrons. The summed E-state index contributed by atoms with van der Waals surface area (Å²) in [4.78, 5) is 4.12. The van der Waals surface area contributed by atoms with Gasteiger partial charge in [-0.05, 0) is 19.1 Å². The third kappa shape index (κ3) is 2.91. The van der Waals surface area contributed by atoms with Crippen molar-refractivity contribution in [3.63, 3.8) is 0 Å². The highest BCUT2D eigenvalue weighted by atomic mass is 35.5. The topological polar surface area (TPSA) is 38.9 Å². The second kappa shape index (κ2) is 5.25. The zero-order valence-electron chi connectivity index (χ0n) is 9.04. The van der Waals surface area contributed by atoms with E-state index in [0.717, 1.165) is 9.90 Å². The van der Waals surface area contributed by atoms with Gasteiger partial charge < -0.3 is 5.73 Å². The lowest BCUT2D eigenvalue weighted by atomic mass is 10.2. The number of nitrogens with two attached hydrogens (primary N) is 1. The largest absolute Gasteiger partial charge is 0.375 e. The van der Waals surface area contributed by atoms with Crippen LogP contribution < -0.4 is 5.73 Å². The van der Waals surface area contributed by atoms with E-state index in [2.05, 4.69) is 4.98 Å². The van der Waals surface area contributed by atoms with Gasteiger partial charge in [0.05, 0.1) is 9.90 Å². The molecule has 1 aromatic heterocycles. The number of aryl methyl sites for hydroxylation is 1. The number of thioether (sulfide) groups is 1. The molecule has 0 aliphatic rings. The molecule has 0 radical (unpaired) electrons. The van der Waals surface area contributed by atoms with Crippen molar-refractivity contribution in [3.05, 3.63) is 40.3 Å². The molecule has 2 rings (SSSR count). The van der Waals surface area contributed by atoms with Gasteiger partial charge in [0.2, 0.25) is 0 Å². The monoisotopic (exact) mass is 288 g/mol. The van der Waals surface area contributed by atoms with E-state index in [1.807, 2.05) is 6.92 Å². The molecule has 0 aliphatic carbocycles.